The fourth-order valence-corrected chi connectivity index (χ4v) is 3.04. The molecule has 0 aliphatic carbocycles. The van der Waals surface area contributed by atoms with Gasteiger partial charge in [0.15, 0.2) is 17.5 Å². The number of carbonyl (C=O) groups is 1. The molecule has 0 unspecified atom stereocenters. The molecular formula is C24H34N4O3. The Kier molecular flexibility index (Phi) is 10.8. The van der Waals surface area contributed by atoms with Crippen LogP contribution in [-0.4, -0.2) is 45.7 Å². The fourth-order valence-electron chi connectivity index (χ4n) is 3.04. The molecule has 1 amide bonds. The van der Waals surface area contributed by atoms with Crippen LogP contribution in [0.15, 0.2) is 53.5 Å². The Morgan fingerprint density at radius 1 is 0.968 bits per heavy atom. The minimum absolute atomic E-state index is 0.0106. The number of aliphatic imine (C=N–C) groups is 1. The molecule has 0 fully saturated rings. The third-order valence-electron chi connectivity index (χ3n) is 4.66. The van der Waals surface area contributed by atoms with Crippen molar-refractivity contribution in [3.8, 4) is 11.5 Å². The molecule has 0 saturated heterocycles. The molecule has 2 aromatic rings. The molecule has 2 rings (SSSR count). The quantitative estimate of drug-likeness (QED) is 0.276. The number of nitrogens with zero attached hydrogens (tertiary/aromatic N) is 1. The number of nitrogens with one attached hydrogen (secondary N) is 3. The zero-order valence-corrected chi connectivity index (χ0v) is 18.7. The summed E-state index contributed by atoms with van der Waals surface area (Å²) in [5.74, 6) is 2.23. The third-order valence-corrected chi connectivity index (χ3v) is 4.66. The van der Waals surface area contributed by atoms with E-state index in [9.17, 15) is 4.79 Å². The van der Waals surface area contributed by atoms with Gasteiger partial charge in [0.05, 0.1) is 13.7 Å². The van der Waals surface area contributed by atoms with E-state index in [2.05, 4.69) is 27.0 Å². The van der Waals surface area contributed by atoms with Gasteiger partial charge in [0, 0.05) is 33.1 Å². The molecule has 0 saturated carbocycles. The first-order chi connectivity index (χ1) is 15.2. The molecule has 31 heavy (non-hydrogen) atoms. The molecule has 3 N–H and O–H groups in total. The second-order valence-electron chi connectivity index (χ2n) is 6.96. The van der Waals surface area contributed by atoms with Crippen molar-refractivity contribution >= 4 is 11.9 Å². The Bertz CT molecular complexity index is 825. The highest BCUT2D eigenvalue weighted by Crippen LogP contribution is 2.28. The summed E-state index contributed by atoms with van der Waals surface area (Å²) in [5, 5.41) is 9.39. The van der Waals surface area contributed by atoms with E-state index >= 15 is 0 Å². The van der Waals surface area contributed by atoms with Crippen molar-refractivity contribution in [1.29, 1.82) is 0 Å². The largest absolute Gasteiger partial charge is 0.493 e. The number of guanidine groups is 1. The summed E-state index contributed by atoms with van der Waals surface area (Å²) in [6, 6.07) is 15.9. The number of rotatable bonds is 12. The number of ether oxygens (including phenoxy) is 2. The van der Waals surface area contributed by atoms with Crippen LogP contribution in [0.5, 0.6) is 11.5 Å². The lowest BCUT2D eigenvalue weighted by Gasteiger charge is -2.13. The van der Waals surface area contributed by atoms with Crippen LogP contribution in [0.1, 0.15) is 30.9 Å². The number of aryl methyl sites for hydroxylation is 1. The van der Waals surface area contributed by atoms with Crippen LogP contribution in [-0.2, 0) is 17.8 Å². The first kappa shape index (κ1) is 24.1. The standard InChI is InChI=1S/C24H34N4O3/c1-4-31-22-17-19(12-13-21(22)30-3)11-8-15-26-24(25-2)27-16-14-23(29)28-18-20-9-6-5-7-10-20/h5-7,9-10,12-13,17H,4,8,11,14-16,18H2,1-3H3,(H,28,29)(H2,25,26,27). The molecule has 0 spiro atoms. The number of hydrogen-bond acceptors (Lipinski definition) is 4. The lowest BCUT2D eigenvalue weighted by Crippen LogP contribution is -2.39. The number of hydrogen-bond donors (Lipinski definition) is 3. The van der Waals surface area contributed by atoms with Gasteiger partial charge in [0.25, 0.3) is 0 Å². The van der Waals surface area contributed by atoms with Gasteiger partial charge in [-0.25, -0.2) is 0 Å². The first-order valence-electron chi connectivity index (χ1n) is 10.7. The predicted octanol–water partition coefficient (Wildman–Crippen LogP) is 2.90. The van der Waals surface area contributed by atoms with E-state index in [1.807, 2.05) is 49.4 Å². The van der Waals surface area contributed by atoms with Crippen molar-refractivity contribution in [2.75, 3.05) is 33.9 Å². The van der Waals surface area contributed by atoms with Gasteiger partial charge in [-0.1, -0.05) is 36.4 Å². The fraction of sp³-hybridized carbons (Fsp3) is 0.417. The van der Waals surface area contributed by atoms with Crippen molar-refractivity contribution in [2.45, 2.75) is 32.7 Å². The summed E-state index contributed by atoms with van der Waals surface area (Å²) in [6.45, 7) is 4.41. The summed E-state index contributed by atoms with van der Waals surface area (Å²) in [7, 11) is 3.37. The van der Waals surface area contributed by atoms with E-state index in [-0.39, 0.29) is 5.91 Å². The molecule has 0 aliphatic rings. The van der Waals surface area contributed by atoms with E-state index in [0.29, 0.717) is 32.1 Å². The van der Waals surface area contributed by atoms with E-state index in [0.717, 1.165) is 36.4 Å². The summed E-state index contributed by atoms with van der Waals surface area (Å²) in [4.78, 5) is 16.2. The number of benzene rings is 2. The van der Waals surface area contributed by atoms with Gasteiger partial charge in [-0.3, -0.25) is 9.79 Å². The average Bonchev–Trinajstić information content (AvgIpc) is 2.80. The highest BCUT2D eigenvalue weighted by Gasteiger charge is 2.06. The number of carbonyl (C=O) groups excluding carboxylic acids is 1. The normalized spacial score (nSPS) is 11.0. The molecule has 0 radical (unpaired) electrons. The van der Waals surface area contributed by atoms with Crippen LogP contribution >= 0.6 is 0 Å². The molecule has 168 valence electrons. The van der Waals surface area contributed by atoms with Crippen molar-refractivity contribution in [2.24, 2.45) is 4.99 Å². The van der Waals surface area contributed by atoms with Gasteiger partial charge in [0.2, 0.25) is 5.91 Å². The Balaban J connectivity index is 1.63. The maximum absolute atomic E-state index is 12.0. The summed E-state index contributed by atoms with van der Waals surface area (Å²) >= 11 is 0. The lowest BCUT2D eigenvalue weighted by atomic mass is 10.1. The Morgan fingerprint density at radius 2 is 1.74 bits per heavy atom. The zero-order chi connectivity index (χ0) is 22.3. The minimum Gasteiger partial charge on any atom is -0.493 e. The van der Waals surface area contributed by atoms with E-state index in [1.165, 1.54) is 5.56 Å². The summed E-state index contributed by atoms with van der Waals surface area (Å²) < 4.78 is 11.0. The SMILES string of the molecule is CCOc1cc(CCCNC(=NC)NCCC(=O)NCc2ccccc2)ccc1OC. The number of methoxy groups -OCH3 is 1. The first-order valence-corrected chi connectivity index (χ1v) is 10.7. The van der Waals surface area contributed by atoms with Crippen molar-refractivity contribution < 1.29 is 14.3 Å². The van der Waals surface area contributed by atoms with Gasteiger partial charge in [-0.2, -0.15) is 0 Å². The Morgan fingerprint density at radius 3 is 2.45 bits per heavy atom. The maximum Gasteiger partial charge on any atom is 0.222 e. The summed E-state index contributed by atoms with van der Waals surface area (Å²) in [6.07, 6.45) is 2.24. The van der Waals surface area contributed by atoms with Crippen LogP contribution < -0.4 is 25.4 Å². The van der Waals surface area contributed by atoms with Gasteiger partial charge < -0.3 is 25.4 Å². The molecule has 0 bridgehead atoms. The Hall–Kier alpha value is -3.22. The van der Waals surface area contributed by atoms with Gasteiger partial charge in [-0.05, 0) is 43.0 Å². The highest BCUT2D eigenvalue weighted by atomic mass is 16.5. The van der Waals surface area contributed by atoms with Crippen LogP contribution in [0.25, 0.3) is 0 Å². The summed E-state index contributed by atoms with van der Waals surface area (Å²) in [5.41, 5.74) is 2.29. The van der Waals surface area contributed by atoms with Crippen molar-refractivity contribution in [3.63, 3.8) is 0 Å². The zero-order valence-electron chi connectivity index (χ0n) is 18.7. The lowest BCUT2D eigenvalue weighted by molar-refractivity contribution is -0.121. The monoisotopic (exact) mass is 426 g/mol. The number of amides is 1. The molecule has 0 aromatic heterocycles. The van der Waals surface area contributed by atoms with Crippen LogP contribution in [0.4, 0.5) is 0 Å². The van der Waals surface area contributed by atoms with E-state index in [1.54, 1.807) is 14.2 Å². The van der Waals surface area contributed by atoms with Crippen LogP contribution in [0.2, 0.25) is 0 Å². The second kappa shape index (κ2) is 13.9. The van der Waals surface area contributed by atoms with E-state index in [4.69, 9.17) is 9.47 Å². The molecule has 2 aromatic carbocycles. The molecular weight excluding hydrogens is 392 g/mol. The molecule has 0 aliphatic heterocycles. The van der Waals surface area contributed by atoms with Crippen LogP contribution in [0, 0.1) is 0 Å². The second-order valence-corrected chi connectivity index (χ2v) is 6.96. The molecule has 0 atom stereocenters. The van der Waals surface area contributed by atoms with Gasteiger partial charge in [0.1, 0.15) is 0 Å². The van der Waals surface area contributed by atoms with Gasteiger partial charge >= 0.3 is 0 Å². The third kappa shape index (κ3) is 8.99. The Labute approximate surface area is 185 Å². The minimum atomic E-state index is 0.0106. The molecule has 0 heterocycles. The maximum atomic E-state index is 12.0. The van der Waals surface area contributed by atoms with E-state index < -0.39 is 0 Å². The molecule has 7 nitrogen and oxygen atoms in total. The van der Waals surface area contributed by atoms with Crippen molar-refractivity contribution in [3.05, 3.63) is 59.7 Å². The average molecular weight is 427 g/mol. The predicted molar refractivity (Wildman–Crippen MR) is 125 cm³/mol. The molecule has 7 heteroatoms. The smallest absolute Gasteiger partial charge is 0.222 e. The topological polar surface area (TPSA) is 84.0 Å². The van der Waals surface area contributed by atoms with Gasteiger partial charge in [-0.15, -0.1) is 0 Å². The highest BCUT2D eigenvalue weighted by molar-refractivity contribution is 5.81. The van der Waals surface area contributed by atoms with Crippen molar-refractivity contribution in [1.82, 2.24) is 16.0 Å². The van der Waals surface area contributed by atoms with Crippen LogP contribution in [0.3, 0.4) is 0 Å².